The molecule has 3 aromatic rings. The van der Waals surface area contributed by atoms with Crippen LogP contribution < -0.4 is 20.3 Å². The number of hydrogen-bond donors (Lipinski definition) is 2. The van der Waals surface area contributed by atoms with Gasteiger partial charge in [0.05, 0.1) is 10.7 Å². The molecule has 0 unspecified atom stereocenters. The summed E-state index contributed by atoms with van der Waals surface area (Å²) in [6.07, 6.45) is 0. The van der Waals surface area contributed by atoms with Crippen LogP contribution in [-0.4, -0.2) is 25.0 Å². The van der Waals surface area contributed by atoms with Gasteiger partial charge in [0.15, 0.2) is 5.75 Å². The number of hydrogen-bond acceptors (Lipinski definition) is 3. The van der Waals surface area contributed by atoms with Crippen molar-refractivity contribution in [3.05, 3.63) is 83.4 Å². The summed E-state index contributed by atoms with van der Waals surface area (Å²) in [7, 11) is 0. The third-order valence-corrected chi connectivity index (χ3v) is 4.78. The molecule has 6 nitrogen and oxygen atoms in total. The van der Waals surface area contributed by atoms with Crippen molar-refractivity contribution in [3.63, 3.8) is 0 Å². The molecule has 1 fully saturated rings. The lowest BCUT2D eigenvalue weighted by molar-refractivity contribution is 0.102. The van der Waals surface area contributed by atoms with Crippen LogP contribution in [0.2, 0.25) is 5.02 Å². The first-order chi connectivity index (χ1) is 14.1. The molecule has 0 aromatic heterocycles. The first-order valence-corrected chi connectivity index (χ1v) is 9.48. The zero-order chi connectivity index (χ0) is 20.2. The number of urea groups is 1. The Kier molecular flexibility index (Phi) is 5.35. The first kappa shape index (κ1) is 18.8. The normalized spacial score (nSPS) is 13.1. The lowest BCUT2D eigenvalue weighted by Crippen LogP contribution is -2.27. The molecule has 0 saturated carbocycles. The third kappa shape index (κ3) is 4.17. The highest BCUT2D eigenvalue weighted by atomic mass is 35.5. The monoisotopic (exact) mass is 407 g/mol. The third-order valence-electron chi connectivity index (χ3n) is 4.47. The van der Waals surface area contributed by atoms with Gasteiger partial charge < -0.3 is 15.4 Å². The molecule has 0 aliphatic carbocycles. The number of anilines is 2. The molecule has 0 spiro atoms. The maximum Gasteiger partial charge on any atom is 0.321 e. The van der Waals surface area contributed by atoms with Crippen molar-refractivity contribution in [2.24, 2.45) is 0 Å². The standard InChI is InChI=1S/C22H18ClN3O3/c23-17-8-1-3-10-19(17)29-20-11-4-2-9-18(20)25-21(27)15-6-5-7-16(14-15)26-13-12-24-22(26)28/h1-11,14H,12-13H2,(H,24,28)(H,25,27). The molecule has 0 bridgehead atoms. The molecule has 1 saturated heterocycles. The van der Waals surface area contributed by atoms with Crippen LogP contribution in [0.15, 0.2) is 72.8 Å². The van der Waals surface area contributed by atoms with Crippen LogP contribution in [0.25, 0.3) is 0 Å². The van der Waals surface area contributed by atoms with Crippen molar-refractivity contribution in [1.29, 1.82) is 0 Å². The minimum Gasteiger partial charge on any atom is -0.454 e. The summed E-state index contributed by atoms with van der Waals surface area (Å²) in [4.78, 5) is 26.3. The molecule has 4 rings (SSSR count). The SMILES string of the molecule is O=C(Nc1ccccc1Oc1ccccc1Cl)c1cccc(N2CCNC2=O)c1. The van der Waals surface area contributed by atoms with E-state index in [4.69, 9.17) is 16.3 Å². The van der Waals surface area contributed by atoms with E-state index in [0.29, 0.717) is 46.5 Å². The predicted octanol–water partition coefficient (Wildman–Crippen LogP) is 4.91. The van der Waals surface area contributed by atoms with Gasteiger partial charge in [-0.1, -0.05) is 41.9 Å². The van der Waals surface area contributed by atoms with Crippen LogP contribution in [0.1, 0.15) is 10.4 Å². The average Bonchev–Trinajstić information content (AvgIpc) is 3.17. The van der Waals surface area contributed by atoms with E-state index < -0.39 is 0 Å². The van der Waals surface area contributed by atoms with Crippen molar-refractivity contribution in [2.75, 3.05) is 23.3 Å². The van der Waals surface area contributed by atoms with Gasteiger partial charge in [-0.05, 0) is 42.5 Å². The Morgan fingerprint density at radius 3 is 2.52 bits per heavy atom. The number of amides is 3. The molecule has 1 heterocycles. The number of nitrogens with one attached hydrogen (secondary N) is 2. The van der Waals surface area contributed by atoms with Gasteiger partial charge in [-0.15, -0.1) is 0 Å². The number of nitrogens with zero attached hydrogens (tertiary/aromatic N) is 1. The summed E-state index contributed by atoms with van der Waals surface area (Å²) >= 11 is 6.17. The summed E-state index contributed by atoms with van der Waals surface area (Å²) < 4.78 is 5.89. The fourth-order valence-corrected chi connectivity index (χ4v) is 3.21. The van der Waals surface area contributed by atoms with Crippen LogP contribution >= 0.6 is 11.6 Å². The van der Waals surface area contributed by atoms with Crippen molar-refractivity contribution in [2.45, 2.75) is 0 Å². The molecule has 3 amide bonds. The summed E-state index contributed by atoms with van der Waals surface area (Å²) in [6, 6.07) is 21.0. The van der Waals surface area contributed by atoms with E-state index in [9.17, 15) is 9.59 Å². The van der Waals surface area contributed by atoms with Crippen molar-refractivity contribution in [1.82, 2.24) is 5.32 Å². The second kappa shape index (κ2) is 8.24. The van der Waals surface area contributed by atoms with Gasteiger partial charge >= 0.3 is 6.03 Å². The second-order valence-corrected chi connectivity index (χ2v) is 6.82. The Hall–Kier alpha value is -3.51. The molecule has 7 heteroatoms. The zero-order valence-electron chi connectivity index (χ0n) is 15.4. The minimum absolute atomic E-state index is 0.166. The van der Waals surface area contributed by atoms with E-state index in [2.05, 4.69) is 10.6 Å². The fourth-order valence-electron chi connectivity index (χ4n) is 3.03. The Morgan fingerprint density at radius 2 is 1.76 bits per heavy atom. The van der Waals surface area contributed by atoms with E-state index in [1.54, 1.807) is 59.5 Å². The number of halogens is 1. The van der Waals surface area contributed by atoms with E-state index in [1.807, 2.05) is 18.2 Å². The van der Waals surface area contributed by atoms with E-state index in [-0.39, 0.29) is 11.9 Å². The quantitative estimate of drug-likeness (QED) is 0.631. The molecule has 1 aliphatic rings. The van der Waals surface area contributed by atoms with Crippen molar-refractivity contribution >= 4 is 34.9 Å². The van der Waals surface area contributed by atoms with Gasteiger partial charge in [0.2, 0.25) is 0 Å². The number of ether oxygens (including phenoxy) is 1. The van der Waals surface area contributed by atoms with Gasteiger partial charge in [-0.25, -0.2) is 4.79 Å². The van der Waals surface area contributed by atoms with E-state index in [0.717, 1.165) is 0 Å². The minimum atomic E-state index is -0.304. The number of rotatable bonds is 5. The lowest BCUT2D eigenvalue weighted by Gasteiger charge is -2.16. The zero-order valence-corrected chi connectivity index (χ0v) is 16.1. The highest BCUT2D eigenvalue weighted by molar-refractivity contribution is 6.32. The second-order valence-electron chi connectivity index (χ2n) is 6.42. The summed E-state index contributed by atoms with van der Waals surface area (Å²) in [5.74, 6) is 0.670. The van der Waals surface area contributed by atoms with Crippen molar-refractivity contribution in [3.8, 4) is 11.5 Å². The summed E-state index contributed by atoms with van der Waals surface area (Å²) in [5.41, 5.74) is 1.63. The smallest absolute Gasteiger partial charge is 0.321 e. The van der Waals surface area contributed by atoms with Crippen LogP contribution in [0.4, 0.5) is 16.2 Å². The molecule has 29 heavy (non-hydrogen) atoms. The molecule has 0 radical (unpaired) electrons. The van der Waals surface area contributed by atoms with Gasteiger partial charge in [0.1, 0.15) is 5.75 Å². The van der Waals surface area contributed by atoms with Gasteiger partial charge in [-0.3, -0.25) is 9.69 Å². The van der Waals surface area contributed by atoms with E-state index in [1.165, 1.54) is 0 Å². The Bertz CT molecular complexity index is 1070. The molecular formula is C22H18ClN3O3. The van der Waals surface area contributed by atoms with Gasteiger partial charge in [0, 0.05) is 24.3 Å². The Morgan fingerprint density at radius 1 is 1.00 bits per heavy atom. The predicted molar refractivity (Wildman–Crippen MR) is 113 cm³/mol. The van der Waals surface area contributed by atoms with Crippen molar-refractivity contribution < 1.29 is 14.3 Å². The first-order valence-electron chi connectivity index (χ1n) is 9.10. The number of benzene rings is 3. The Balaban J connectivity index is 1.55. The number of para-hydroxylation sites is 3. The Labute approximate surface area is 173 Å². The topological polar surface area (TPSA) is 70.7 Å². The number of carbonyl (C=O) groups excluding carboxylic acids is 2. The fraction of sp³-hybridized carbons (Fsp3) is 0.0909. The molecule has 146 valence electrons. The maximum absolute atomic E-state index is 12.8. The van der Waals surface area contributed by atoms with Crippen LogP contribution in [-0.2, 0) is 0 Å². The molecular weight excluding hydrogens is 390 g/mol. The maximum atomic E-state index is 12.8. The summed E-state index contributed by atoms with van der Waals surface area (Å²) in [5, 5.41) is 6.10. The average molecular weight is 408 g/mol. The summed E-state index contributed by atoms with van der Waals surface area (Å²) in [6.45, 7) is 1.15. The van der Waals surface area contributed by atoms with Crippen LogP contribution in [0.3, 0.4) is 0 Å². The largest absolute Gasteiger partial charge is 0.454 e. The van der Waals surface area contributed by atoms with Crippen LogP contribution in [0, 0.1) is 0 Å². The molecule has 3 aromatic carbocycles. The van der Waals surface area contributed by atoms with Gasteiger partial charge in [-0.2, -0.15) is 0 Å². The highest BCUT2D eigenvalue weighted by Crippen LogP contribution is 2.33. The van der Waals surface area contributed by atoms with Gasteiger partial charge in [0.25, 0.3) is 5.91 Å². The van der Waals surface area contributed by atoms with Crippen LogP contribution in [0.5, 0.6) is 11.5 Å². The van der Waals surface area contributed by atoms with E-state index >= 15 is 0 Å². The highest BCUT2D eigenvalue weighted by Gasteiger charge is 2.22. The molecule has 1 aliphatic heterocycles. The molecule has 2 N–H and O–H groups in total. The number of carbonyl (C=O) groups is 2. The molecule has 0 atom stereocenters. The lowest BCUT2D eigenvalue weighted by atomic mass is 10.1.